The minimum absolute atomic E-state index is 0.0394. The van der Waals surface area contributed by atoms with Gasteiger partial charge in [0.05, 0.1) is 30.6 Å². The molecule has 1 aliphatic rings. The fourth-order valence-electron chi connectivity index (χ4n) is 4.37. The van der Waals surface area contributed by atoms with Gasteiger partial charge in [-0.3, -0.25) is 5.32 Å². The van der Waals surface area contributed by atoms with Crippen LogP contribution in [0.15, 0.2) is 81.9 Å². The molecule has 15 heteroatoms. The van der Waals surface area contributed by atoms with Crippen LogP contribution < -0.4 is 21.3 Å². The number of guanidine groups is 1. The van der Waals surface area contributed by atoms with E-state index in [9.17, 15) is 31.1 Å². The van der Waals surface area contributed by atoms with Crippen LogP contribution in [-0.4, -0.2) is 44.6 Å². The van der Waals surface area contributed by atoms with E-state index < -0.39 is 35.2 Å². The predicted octanol–water partition coefficient (Wildman–Crippen LogP) is 5.34. The Morgan fingerprint density at radius 2 is 1.70 bits per heavy atom. The maximum absolute atomic E-state index is 13.6. The molecule has 0 fully saturated rings. The summed E-state index contributed by atoms with van der Waals surface area (Å²) in [5.74, 6) is -2.79. The van der Waals surface area contributed by atoms with Gasteiger partial charge in [0.2, 0.25) is 5.79 Å². The largest absolute Gasteiger partial charge is 0.463 e. The molecule has 0 amide bonds. The monoisotopic (exact) mass is 625 g/mol. The zero-order valence-electron chi connectivity index (χ0n) is 23.5. The number of furan rings is 1. The Morgan fingerprint density at radius 3 is 2.34 bits per heavy atom. The van der Waals surface area contributed by atoms with E-state index in [4.69, 9.17) is 13.9 Å². The molecule has 44 heavy (non-hydrogen) atoms. The van der Waals surface area contributed by atoms with Crippen molar-refractivity contribution in [3.8, 4) is 0 Å². The van der Waals surface area contributed by atoms with Crippen LogP contribution in [0.25, 0.3) is 5.70 Å². The highest BCUT2D eigenvalue weighted by Gasteiger charge is 2.46. The fraction of sp³-hybridized carbons (Fsp3) is 0.310. The third-order valence-electron chi connectivity index (χ3n) is 6.31. The van der Waals surface area contributed by atoms with Gasteiger partial charge in [-0.1, -0.05) is 24.3 Å². The molecule has 1 atom stereocenters. The van der Waals surface area contributed by atoms with Crippen LogP contribution in [0.4, 0.5) is 32.0 Å². The lowest BCUT2D eigenvalue weighted by Gasteiger charge is -2.42. The number of nitrogens with zero attached hydrogens (tertiary/aromatic N) is 1. The van der Waals surface area contributed by atoms with Crippen LogP contribution in [0.1, 0.15) is 29.4 Å². The highest BCUT2D eigenvalue weighted by Crippen LogP contribution is 2.36. The topological polar surface area (TPSA) is 109 Å². The summed E-state index contributed by atoms with van der Waals surface area (Å²) < 4.78 is 97.3. The van der Waals surface area contributed by atoms with Gasteiger partial charge in [0.25, 0.3) is 0 Å². The van der Waals surface area contributed by atoms with Gasteiger partial charge in [0.15, 0.2) is 11.7 Å². The summed E-state index contributed by atoms with van der Waals surface area (Å²) in [6, 6.07) is 11.7. The molecule has 0 saturated heterocycles. The van der Waals surface area contributed by atoms with Gasteiger partial charge in [0.1, 0.15) is 11.3 Å². The molecule has 1 unspecified atom stereocenters. The zero-order valence-corrected chi connectivity index (χ0v) is 23.5. The number of aliphatic imine (C=N–C) groups is 1. The molecule has 236 valence electrons. The predicted molar refractivity (Wildman–Crippen MR) is 149 cm³/mol. The molecule has 2 heterocycles. The highest BCUT2D eigenvalue weighted by atomic mass is 19.4. The average Bonchev–Trinajstić information content (AvgIpc) is 3.51. The second-order valence-electron chi connectivity index (χ2n) is 9.43. The molecular formula is C29H29F6N5O4. The van der Waals surface area contributed by atoms with Crippen molar-refractivity contribution in [3.05, 3.63) is 95.0 Å². The van der Waals surface area contributed by atoms with Gasteiger partial charge in [-0.05, 0) is 48.9 Å². The number of anilines is 1. The number of halogens is 6. The maximum atomic E-state index is 13.6. The Labute approximate surface area is 248 Å². The molecule has 0 aliphatic carbocycles. The van der Waals surface area contributed by atoms with Crippen molar-refractivity contribution in [1.29, 1.82) is 0 Å². The van der Waals surface area contributed by atoms with Gasteiger partial charge >= 0.3 is 18.3 Å². The lowest BCUT2D eigenvalue weighted by atomic mass is 10.00. The Kier molecular flexibility index (Phi) is 9.89. The third kappa shape index (κ3) is 7.71. The van der Waals surface area contributed by atoms with E-state index in [0.29, 0.717) is 0 Å². The number of methoxy groups -OCH3 is 1. The highest BCUT2D eigenvalue weighted by molar-refractivity contribution is 6.05. The van der Waals surface area contributed by atoms with Gasteiger partial charge < -0.3 is 29.8 Å². The van der Waals surface area contributed by atoms with E-state index in [0.717, 1.165) is 24.3 Å². The van der Waals surface area contributed by atoms with E-state index in [1.54, 1.807) is 13.0 Å². The summed E-state index contributed by atoms with van der Waals surface area (Å²) in [5.41, 5.74) is -2.13. The molecule has 0 saturated carbocycles. The first-order chi connectivity index (χ1) is 20.9. The molecule has 4 N–H and O–H groups in total. The Bertz CT molecular complexity index is 1500. The van der Waals surface area contributed by atoms with Crippen LogP contribution in [0.3, 0.4) is 0 Å². The first kappa shape index (κ1) is 32.4. The number of rotatable bonds is 11. The van der Waals surface area contributed by atoms with E-state index >= 15 is 0 Å². The molecule has 2 aromatic carbocycles. The lowest BCUT2D eigenvalue weighted by molar-refractivity contribution is -0.139. The van der Waals surface area contributed by atoms with Gasteiger partial charge in [-0.2, -0.15) is 26.3 Å². The quantitative estimate of drug-likeness (QED) is 0.0979. The summed E-state index contributed by atoms with van der Waals surface area (Å²) in [5, 5.41) is 11.9. The number of hydrogen-bond donors (Lipinski definition) is 4. The minimum atomic E-state index is -4.69. The number of carbonyl (C=O) groups is 1. The van der Waals surface area contributed by atoms with Crippen molar-refractivity contribution in [2.24, 2.45) is 4.99 Å². The van der Waals surface area contributed by atoms with Crippen LogP contribution in [-0.2, 0) is 33.2 Å². The van der Waals surface area contributed by atoms with E-state index in [-0.39, 0.29) is 60.5 Å². The number of alkyl halides is 6. The maximum Gasteiger partial charge on any atom is 0.416 e. The second-order valence-corrected chi connectivity index (χ2v) is 9.43. The molecule has 0 radical (unpaired) electrons. The molecule has 0 bridgehead atoms. The number of benzene rings is 2. The number of ether oxygens (including phenoxy) is 2. The number of esters is 1. The molecule has 0 spiro atoms. The van der Waals surface area contributed by atoms with Crippen molar-refractivity contribution in [3.63, 3.8) is 0 Å². The first-order valence-electron chi connectivity index (χ1n) is 13.3. The summed E-state index contributed by atoms with van der Waals surface area (Å²) in [6.45, 7) is 1.62. The van der Waals surface area contributed by atoms with Gasteiger partial charge in [-0.25, -0.2) is 9.79 Å². The number of nitrogens with one attached hydrogen (secondary N) is 4. The molecule has 1 aromatic heterocycles. The van der Waals surface area contributed by atoms with Crippen LogP contribution in [0.5, 0.6) is 0 Å². The minimum Gasteiger partial charge on any atom is -0.463 e. The van der Waals surface area contributed by atoms with E-state index in [1.165, 1.54) is 43.7 Å². The summed E-state index contributed by atoms with van der Waals surface area (Å²) in [6.07, 6.45) is -7.98. The molecule has 3 aromatic rings. The molecule has 1 aliphatic heterocycles. The summed E-state index contributed by atoms with van der Waals surface area (Å²) in [4.78, 5) is 18.1. The van der Waals surface area contributed by atoms with Crippen LogP contribution in [0.2, 0.25) is 0 Å². The standard InChI is InChI=1S/C29H29F6N5O4/c1-3-43-25(41)23-24(22-11-6-13-44-22)38-26(36-12-14-42-2)40-29(23,39-21-10-5-9-20(16-21)28(33,34)35)37-17-18-7-4-8-19(15-18)27(30,31)32/h4-11,13,15-16,37,39H,3,12,14,17H2,1-2H3,(H2,36,38,40). The Morgan fingerprint density at radius 1 is 1.00 bits per heavy atom. The van der Waals surface area contributed by atoms with Crippen molar-refractivity contribution in [2.45, 2.75) is 31.6 Å². The fourth-order valence-corrected chi connectivity index (χ4v) is 4.37. The average molecular weight is 626 g/mol. The lowest BCUT2D eigenvalue weighted by Crippen LogP contribution is -2.69. The van der Waals surface area contributed by atoms with E-state index in [2.05, 4.69) is 26.3 Å². The molecule has 4 rings (SSSR count). The van der Waals surface area contributed by atoms with Crippen LogP contribution in [0, 0.1) is 0 Å². The first-order valence-corrected chi connectivity index (χ1v) is 13.3. The van der Waals surface area contributed by atoms with Crippen molar-refractivity contribution in [1.82, 2.24) is 16.0 Å². The van der Waals surface area contributed by atoms with E-state index in [1.807, 2.05) is 0 Å². The van der Waals surface area contributed by atoms with Crippen LogP contribution >= 0.6 is 0 Å². The van der Waals surface area contributed by atoms with Crippen molar-refractivity contribution in [2.75, 3.05) is 32.2 Å². The molecule has 9 nitrogen and oxygen atoms in total. The second kappa shape index (κ2) is 13.4. The van der Waals surface area contributed by atoms with Gasteiger partial charge in [0, 0.05) is 25.9 Å². The smallest absolute Gasteiger partial charge is 0.416 e. The Balaban J connectivity index is 1.90. The summed E-state index contributed by atoms with van der Waals surface area (Å²) in [7, 11) is 1.47. The Hall–Kier alpha value is -4.50. The van der Waals surface area contributed by atoms with Crippen molar-refractivity contribution >= 4 is 23.3 Å². The zero-order chi connectivity index (χ0) is 32.0. The number of carbonyl (C=O) groups excluding carboxylic acids is 1. The SMILES string of the molecule is CCOC(=O)C1=C(c2ccco2)N=C(NCCOC)NC1(NCc1cccc(C(F)(F)F)c1)Nc1cccc(C(F)(F)F)c1. The third-order valence-corrected chi connectivity index (χ3v) is 6.31. The number of hydrogen-bond acceptors (Lipinski definition) is 9. The van der Waals surface area contributed by atoms with Gasteiger partial charge in [-0.15, -0.1) is 0 Å². The normalized spacial score (nSPS) is 17.1. The van der Waals surface area contributed by atoms with Crippen molar-refractivity contribution < 1.29 is 45.0 Å². The summed E-state index contributed by atoms with van der Waals surface area (Å²) >= 11 is 0. The molecular weight excluding hydrogens is 596 g/mol.